The Labute approximate surface area is 168 Å². The van der Waals surface area contributed by atoms with E-state index in [1.165, 1.54) is 36.5 Å². The van der Waals surface area contributed by atoms with Gasteiger partial charge in [-0.2, -0.15) is 4.31 Å². The van der Waals surface area contributed by atoms with Crippen molar-refractivity contribution in [2.45, 2.75) is 38.2 Å². The number of carbonyl (C=O) groups is 1. The summed E-state index contributed by atoms with van der Waals surface area (Å²) in [5.41, 5.74) is 0.683. The Kier molecular flexibility index (Phi) is 6.23. The van der Waals surface area contributed by atoms with Gasteiger partial charge in [-0.05, 0) is 44.9 Å². The Morgan fingerprint density at radius 3 is 2.79 bits per heavy atom. The lowest BCUT2D eigenvalue weighted by Crippen LogP contribution is -2.43. The lowest BCUT2D eigenvalue weighted by atomic mass is 10.00. The number of benzene rings is 1. The van der Waals surface area contributed by atoms with Gasteiger partial charge in [0.05, 0.1) is 13.0 Å². The molecule has 1 aromatic heterocycles. The largest absolute Gasteiger partial charge is 0.496 e. The molecule has 29 heavy (non-hydrogen) atoms. The standard InChI is InChI=1S/C19H23FN2O6S/c1-12-18(13(2)28-21-12)29(24,25)22-8-4-5-14(10-22)19(23)27-11-15-9-16(20)6-7-17(15)26-3/h6-7,9,14H,4-5,8,10-11H2,1-3H3. The summed E-state index contributed by atoms with van der Waals surface area (Å²) >= 11 is 0. The second-order valence-corrected chi connectivity index (χ2v) is 8.79. The fourth-order valence-electron chi connectivity index (χ4n) is 3.45. The number of hydrogen-bond donors (Lipinski definition) is 0. The molecule has 0 radical (unpaired) electrons. The summed E-state index contributed by atoms with van der Waals surface area (Å²) in [6.45, 7) is 3.24. The van der Waals surface area contributed by atoms with E-state index < -0.39 is 27.7 Å². The van der Waals surface area contributed by atoms with Crippen molar-refractivity contribution in [3.8, 4) is 5.75 Å². The predicted octanol–water partition coefficient (Wildman–Crippen LogP) is 2.58. The molecule has 1 aliphatic heterocycles. The summed E-state index contributed by atoms with van der Waals surface area (Å²) in [6, 6.07) is 3.95. The van der Waals surface area contributed by atoms with Gasteiger partial charge >= 0.3 is 5.97 Å². The maximum Gasteiger partial charge on any atom is 0.310 e. The third kappa shape index (κ3) is 4.43. The number of methoxy groups -OCH3 is 1. The average molecular weight is 426 g/mol. The smallest absolute Gasteiger partial charge is 0.310 e. The van der Waals surface area contributed by atoms with E-state index in [0.717, 1.165) is 0 Å². The normalized spacial score (nSPS) is 17.9. The Morgan fingerprint density at radius 2 is 2.14 bits per heavy atom. The molecule has 8 nitrogen and oxygen atoms in total. The number of piperidine rings is 1. The molecule has 1 fully saturated rings. The van der Waals surface area contributed by atoms with Crippen LogP contribution in [0, 0.1) is 25.6 Å². The van der Waals surface area contributed by atoms with Gasteiger partial charge in [0, 0.05) is 18.7 Å². The molecule has 2 heterocycles. The Balaban J connectivity index is 1.69. The number of rotatable bonds is 6. The lowest BCUT2D eigenvalue weighted by Gasteiger charge is -2.30. The van der Waals surface area contributed by atoms with Gasteiger partial charge in [-0.15, -0.1) is 0 Å². The number of aryl methyl sites for hydroxylation is 2. The van der Waals surface area contributed by atoms with Crippen LogP contribution in [0.1, 0.15) is 29.9 Å². The third-order valence-corrected chi connectivity index (χ3v) is 7.01. The summed E-state index contributed by atoms with van der Waals surface area (Å²) < 4.78 is 56.1. The Morgan fingerprint density at radius 1 is 1.38 bits per heavy atom. The summed E-state index contributed by atoms with van der Waals surface area (Å²) in [5.74, 6) is -0.990. The topological polar surface area (TPSA) is 98.9 Å². The molecule has 0 N–H and O–H groups in total. The molecule has 0 saturated carbocycles. The van der Waals surface area contributed by atoms with Crippen LogP contribution in [0.15, 0.2) is 27.6 Å². The minimum absolute atomic E-state index is 0.00547. The fourth-order valence-corrected chi connectivity index (χ4v) is 5.27. The molecular weight excluding hydrogens is 403 g/mol. The summed E-state index contributed by atoms with van der Waals surface area (Å²) in [6.07, 6.45) is 1.03. The molecule has 1 unspecified atom stereocenters. The van der Waals surface area contributed by atoms with E-state index in [-0.39, 0.29) is 29.5 Å². The van der Waals surface area contributed by atoms with E-state index in [1.807, 2.05) is 0 Å². The highest BCUT2D eigenvalue weighted by Crippen LogP contribution is 2.28. The van der Waals surface area contributed by atoms with Crippen LogP contribution < -0.4 is 4.74 Å². The number of carbonyl (C=O) groups excluding carboxylic acids is 1. The molecule has 0 aliphatic carbocycles. The van der Waals surface area contributed by atoms with Crippen LogP contribution in [0.3, 0.4) is 0 Å². The predicted molar refractivity (Wildman–Crippen MR) is 100 cm³/mol. The van der Waals surface area contributed by atoms with Crippen molar-refractivity contribution in [1.29, 1.82) is 0 Å². The lowest BCUT2D eigenvalue weighted by molar-refractivity contribution is -0.151. The molecular formula is C19H23FN2O6S. The zero-order valence-electron chi connectivity index (χ0n) is 16.5. The highest BCUT2D eigenvalue weighted by Gasteiger charge is 2.37. The second kappa shape index (κ2) is 8.50. The zero-order chi connectivity index (χ0) is 21.2. The van der Waals surface area contributed by atoms with Gasteiger partial charge in [-0.3, -0.25) is 4.79 Å². The number of esters is 1. The fraction of sp³-hybridized carbons (Fsp3) is 0.474. The quantitative estimate of drug-likeness (QED) is 0.655. The van der Waals surface area contributed by atoms with Crippen molar-refractivity contribution < 1.29 is 31.6 Å². The number of aromatic nitrogens is 1. The maximum atomic E-state index is 13.5. The molecule has 0 bridgehead atoms. The summed E-state index contributed by atoms with van der Waals surface area (Å²) in [5, 5.41) is 3.70. The van der Waals surface area contributed by atoms with Crippen LogP contribution in [0.25, 0.3) is 0 Å². The summed E-state index contributed by atoms with van der Waals surface area (Å²) in [7, 11) is -2.39. The van der Waals surface area contributed by atoms with Gasteiger partial charge in [0.25, 0.3) is 0 Å². The molecule has 158 valence electrons. The Hall–Kier alpha value is -2.46. The van der Waals surface area contributed by atoms with Gasteiger partial charge in [0.15, 0.2) is 5.76 Å². The first-order valence-electron chi connectivity index (χ1n) is 9.16. The van der Waals surface area contributed by atoms with Crippen LogP contribution in [0.2, 0.25) is 0 Å². The molecule has 3 rings (SSSR count). The van der Waals surface area contributed by atoms with E-state index in [0.29, 0.717) is 30.7 Å². The van der Waals surface area contributed by atoms with Crippen LogP contribution in [-0.4, -0.2) is 44.0 Å². The van der Waals surface area contributed by atoms with Gasteiger partial charge in [0.2, 0.25) is 10.0 Å². The van der Waals surface area contributed by atoms with Crippen LogP contribution in [0.4, 0.5) is 4.39 Å². The van der Waals surface area contributed by atoms with Gasteiger partial charge in [-0.25, -0.2) is 12.8 Å². The first-order chi connectivity index (χ1) is 13.7. The number of nitrogens with zero attached hydrogens (tertiary/aromatic N) is 2. The van der Waals surface area contributed by atoms with Gasteiger partial charge in [-0.1, -0.05) is 5.16 Å². The number of ether oxygens (including phenoxy) is 2. The molecule has 1 aromatic carbocycles. The van der Waals surface area contributed by atoms with E-state index in [1.54, 1.807) is 6.92 Å². The molecule has 10 heteroatoms. The molecule has 1 atom stereocenters. The van der Waals surface area contributed by atoms with E-state index in [4.69, 9.17) is 14.0 Å². The van der Waals surface area contributed by atoms with Crippen LogP contribution in [-0.2, 0) is 26.2 Å². The van der Waals surface area contributed by atoms with Crippen LogP contribution >= 0.6 is 0 Å². The third-order valence-electron chi connectivity index (χ3n) is 4.90. The number of sulfonamides is 1. The van der Waals surface area contributed by atoms with Crippen molar-refractivity contribution >= 4 is 16.0 Å². The molecule has 0 spiro atoms. The number of hydrogen-bond acceptors (Lipinski definition) is 7. The van der Waals surface area contributed by atoms with Gasteiger partial charge in [0.1, 0.15) is 28.8 Å². The zero-order valence-corrected chi connectivity index (χ0v) is 17.3. The Bertz CT molecular complexity index is 985. The van der Waals surface area contributed by atoms with Crippen LogP contribution in [0.5, 0.6) is 5.75 Å². The average Bonchev–Trinajstić information content (AvgIpc) is 3.05. The minimum atomic E-state index is -3.83. The first-order valence-corrected chi connectivity index (χ1v) is 10.6. The SMILES string of the molecule is COc1ccc(F)cc1COC(=O)C1CCCN(S(=O)(=O)c2c(C)noc2C)C1. The summed E-state index contributed by atoms with van der Waals surface area (Å²) in [4.78, 5) is 12.6. The highest BCUT2D eigenvalue weighted by atomic mass is 32.2. The molecule has 1 aliphatic rings. The second-order valence-electron chi connectivity index (χ2n) is 6.92. The van der Waals surface area contributed by atoms with Crippen molar-refractivity contribution in [3.05, 3.63) is 41.0 Å². The van der Waals surface area contributed by atoms with Crippen molar-refractivity contribution in [3.63, 3.8) is 0 Å². The monoisotopic (exact) mass is 426 g/mol. The minimum Gasteiger partial charge on any atom is -0.496 e. The van der Waals surface area contributed by atoms with E-state index in [2.05, 4.69) is 5.16 Å². The maximum absolute atomic E-state index is 13.5. The van der Waals surface area contributed by atoms with Crippen molar-refractivity contribution in [2.75, 3.05) is 20.2 Å². The number of halogens is 1. The molecule has 0 amide bonds. The van der Waals surface area contributed by atoms with E-state index in [9.17, 15) is 17.6 Å². The van der Waals surface area contributed by atoms with Crippen molar-refractivity contribution in [2.24, 2.45) is 5.92 Å². The molecule has 2 aromatic rings. The van der Waals surface area contributed by atoms with Crippen molar-refractivity contribution in [1.82, 2.24) is 9.46 Å². The van der Waals surface area contributed by atoms with Gasteiger partial charge < -0.3 is 14.0 Å². The highest BCUT2D eigenvalue weighted by molar-refractivity contribution is 7.89. The van der Waals surface area contributed by atoms with E-state index >= 15 is 0 Å². The molecule has 1 saturated heterocycles. The first kappa shape index (κ1) is 21.3.